The average molecular weight is 429 g/mol. The Labute approximate surface area is 176 Å². The molecular formula is C22H15Cl2FN2O2. The van der Waals surface area contributed by atoms with Gasteiger partial charge in [-0.15, -0.1) is 0 Å². The highest BCUT2D eigenvalue weighted by molar-refractivity contribution is 6.35. The number of benzene rings is 3. The summed E-state index contributed by atoms with van der Waals surface area (Å²) >= 11 is 12.3. The van der Waals surface area contributed by atoms with Crippen LogP contribution in [0.3, 0.4) is 0 Å². The van der Waals surface area contributed by atoms with Crippen LogP contribution in [0.25, 0.3) is 0 Å². The van der Waals surface area contributed by atoms with E-state index in [0.29, 0.717) is 16.3 Å². The van der Waals surface area contributed by atoms with Gasteiger partial charge in [0, 0.05) is 16.3 Å². The van der Waals surface area contributed by atoms with Crippen molar-refractivity contribution in [1.82, 2.24) is 4.90 Å². The van der Waals surface area contributed by atoms with Crippen LogP contribution in [0.5, 0.6) is 0 Å². The first kappa shape index (κ1) is 19.4. The number of carbonyl (C=O) groups excluding carboxylic acids is 2. The van der Waals surface area contributed by atoms with Crippen LogP contribution in [0, 0.1) is 5.82 Å². The normalized spacial score (nSPS) is 16.0. The van der Waals surface area contributed by atoms with Crippen molar-refractivity contribution in [3.8, 4) is 0 Å². The molecule has 0 spiro atoms. The van der Waals surface area contributed by atoms with E-state index in [1.807, 2.05) is 30.3 Å². The highest BCUT2D eigenvalue weighted by atomic mass is 35.5. The molecule has 1 atom stereocenters. The Morgan fingerprint density at radius 2 is 1.79 bits per heavy atom. The summed E-state index contributed by atoms with van der Waals surface area (Å²) in [5, 5.41) is 3.32. The quantitative estimate of drug-likeness (QED) is 0.600. The monoisotopic (exact) mass is 428 g/mol. The molecule has 146 valence electrons. The second kappa shape index (κ2) is 7.85. The highest BCUT2D eigenvalue weighted by Gasteiger charge is 2.34. The standard InChI is InChI=1S/C22H15Cl2FN2O2/c23-14-6-8-18(24)16(10-14)22(29)27-12-20(28)26-19-9-7-15(25)11-17(19)21(27)13-4-2-1-3-5-13/h1-11,21H,12H2,(H,26,28). The number of halogens is 3. The van der Waals surface area contributed by atoms with Crippen molar-refractivity contribution in [2.75, 3.05) is 11.9 Å². The number of fused-ring (bicyclic) bond motifs is 1. The van der Waals surface area contributed by atoms with E-state index >= 15 is 0 Å². The Kier molecular flexibility index (Phi) is 5.26. The van der Waals surface area contributed by atoms with Crippen LogP contribution in [-0.2, 0) is 4.79 Å². The molecule has 4 rings (SSSR count). The van der Waals surface area contributed by atoms with Crippen molar-refractivity contribution in [2.24, 2.45) is 0 Å². The van der Waals surface area contributed by atoms with Gasteiger partial charge in [-0.3, -0.25) is 9.59 Å². The smallest absolute Gasteiger partial charge is 0.256 e. The van der Waals surface area contributed by atoms with Crippen LogP contribution in [0.1, 0.15) is 27.5 Å². The number of rotatable bonds is 2. The van der Waals surface area contributed by atoms with Crippen LogP contribution in [0.2, 0.25) is 10.0 Å². The first-order valence-electron chi connectivity index (χ1n) is 8.84. The van der Waals surface area contributed by atoms with E-state index in [-0.39, 0.29) is 23.0 Å². The van der Waals surface area contributed by atoms with Crippen LogP contribution < -0.4 is 5.32 Å². The third-order valence-electron chi connectivity index (χ3n) is 4.74. The molecule has 0 aromatic heterocycles. The van der Waals surface area contributed by atoms with E-state index in [2.05, 4.69) is 5.32 Å². The zero-order valence-corrected chi connectivity index (χ0v) is 16.5. The van der Waals surface area contributed by atoms with Gasteiger partial charge in [0.05, 0.1) is 16.6 Å². The Morgan fingerprint density at radius 1 is 1.03 bits per heavy atom. The van der Waals surface area contributed by atoms with Gasteiger partial charge in [0.1, 0.15) is 12.4 Å². The number of carbonyl (C=O) groups is 2. The van der Waals surface area contributed by atoms with Gasteiger partial charge in [-0.05, 0) is 42.0 Å². The molecule has 1 N–H and O–H groups in total. The molecule has 2 amide bonds. The van der Waals surface area contributed by atoms with Crippen molar-refractivity contribution >= 4 is 40.7 Å². The molecule has 0 saturated heterocycles. The van der Waals surface area contributed by atoms with E-state index in [1.54, 1.807) is 6.07 Å². The van der Waals surface area contributed by atoms with Crippen LogP contribution in [0.15, 0.2) is 66.7 Å². The van der Waals surface area contributed by atoms with Gasteiger partial charge in [-0.25, -0.2) is 4.39 Å². The fourth-order valence-electron chi connectivity index (χ4n) is 3.48. The predicted molar refractivity (Wildman–Crippen MR) is 111 cm³/mol. The maximum absolute atomic E-state index is 14.1. The van der Waals surface area contributed by atoms with Crippen LogP contribution in [0.4, 0.5) is 10.1 Å². The molecule has 0 radical (unpaired) electrons. The van der Waals surface area contributed by atoms with Gasteiger partial charge in [0.2, 0.25) is 5.91 Å². The van der Waals surface area contributed by atoms with E-state index in [1.165, 1.54) is 35.2 Å². The molecule has 4 nitrogen and oxygen atoms in total. The third kappa shape index (κ3) is 3.84. The van der Waals surface area contributed by atoms with Crippen molar-refractivity contribution in [1.29, 1.82) is 0 Å². The molecule has 1 unspecified atom stereocenters. The molecule has 0 fully saturated rings. The number of anilines is 1. The second-order valence-electron chi connectivity index (χ2n) is 6.65. The van der Waals surface area contributed by atoms with Crippen molar-refractivity contribution in [3.05, 3.63) is 99.3 Å². The van der Waals surface area contributed by atoms with Gasteiger partial charge >= 0.3 is 0 Å². The lowest BCUT2D eigenvalue weighted by molar-refractivity contribution is -0.117. The molecule has 1 heterocycles. The lowest BCUT2D eigenvalue weighted by Crippen LogP contribution is -2.39. The second-order valence-corrected chi connectivity index (χ2v) is 7.49. The minimum atomic E-state index is -0.691. The summed E-state index contributed by atoms with van der Waals surface area (Å²) < 4.78 is 14.1. The fraction of sp³-hybridized carbons (Fsp3) is 0.0909. The predicted octanol–water partition coefficient (Wildman–Crippen LogP) is 5.32. The van der Waals surface area contributed by atoms with E-state index < -0.39 is 17.8 Å². The van der Waals surface area contributed by atoms with Crippen LogP contribution >= 0.6 is 23.2 Å². The number of amides is 2. The molecule has 3 aromatic carbocycles. The van der Waals surface area contributed by atoms with Crippen molar-refractivity contribution < 1.29 is 14.0 Å². The average Bonchev–Trinajstić information content (AvgIpc) is 2.85. The van der Waals surface area contributed by atoms with Gasteiger partial charge in [0.15, 0.2) is 0 Å². The summed E-state index contributed by atoms with van der Waals surface area (Å²) in [6, 6.07) is 17.1. The topological polar surface area (TPSA) is 49.4 Å². The maximum Gasteiger partial charge on any atom is 0.256 e. The maximum atomic E-state index is 14.1. The molecule has 1 aliphatic heterocycles. The molecule has 7 heteroatoms. The van der Waals surface area contributed by atoms with Gasteiger partial charge < -0.3 is 10.2 Å². The Bertz CT molecular complexity index is 1110. The summed E-state index contributed by atoms with van der Waals surface area (Å²) in [4.78, 5) is 27.4. The molecule has 0 saturated carbocycles. The number of hydrogen-bond acceptors (Lipinski definition) is 2. The molecule has 1 aliphatic rings. The van der Waals surface area contributed by atoms with E-state index in [9.17, 15) is 14.0 Å². The summed E-state index contributed by atoms with van der Waals surface area (Å²) in [5.41, 5.74) is 1.85. The minimum absolute atomic E-state index is 0.174. The Balaban J connectivity index is 1.91. The van der Waals surface area contributed by atoms with E-state index in [4.69, 9.17) is 23.2 Å². The summed E-state index contributed by atoms with van der Waals surface area (Å²) in [7, 11) is 0. The largest absolute Gasteiger partial charge is 0.324 e. The molecule has 3 aromatic rings. The summed E-state index contributed by atoms with van der Waals surface area (Å²) in [6.45, 7) is -0.225. The molecule has 0 aliphatic carbocycles. The minimum Gasteiger partial charge on any atom is -0.324 e. The molecule has 0 bridgehead atoms. The first-order valence-corrected chi connectivity index (χ1v) is 9.60. The number of hydrogen-bond donors (Lipinski definition) is 1. The fourth-order valence-corrected chi connectivity index (χ4v) is 3.85. The van der Waals surface area contributed by atoms with Crippen molar-refractivity contribution in [2.45, 2.75) is 6.04 Å². The zero-order valence-electron chi connectivity index (χ0n) is 15.0. The number of nitrogens with zero attached hydrogens (tertiary/aromatic N) is 1. The number of nitrogens with one attached hydrogen (secondary N) is 1. The SMILES string of the molecule is O=C1CN(C(=O)c2cc(Cl)ccc2Cl)C(c2ccccc2)c2cc(F)ccc2N1. The lowest BCUT2D eigenvalue weighted by atomic mass is 9.95. The van der Waals surface area contributed by atoms with Gasteiger partial charge in [-0.2, -0.15) is 0 Å². The zero-order chi connectivity index (χ0) is 20.5. The lowest BCUT2D eigenvalue weighted by Gasteiger charge is -2.31. The molecule has 29 heavy (non-hydrogen) atoms. The molecular weight excluding hydrogens is 414 g/mol. The van der Waals surface area contributed by atoms with Crippen LogP contribution in [-0.4, -0.2) is 23.3 Å². The third-order valence-corrected chi connectivity index (χ3v) is 5.31. The summed E-state index contributed by atoms with van der Waals surface area (Å²) in [5.74, 6) is -1.32. The Morgan fingerprint density at radius 3 is 2.55 bits per heavy atom. The van der Waals surface area contributed by atoms with Crippen molar-refractivity contribution in [3.63, 3.8) is 0 Å². The van der Waals surface area contributed by atoms with E-state index in [0.717, 1.165) is 5.56 Å². The van der Waals surface area contributed by atoms with Gasteiger partial charge in [0.25, 0.3) is 5.91 Å². The first-order chi connectivity index (χ1) is 13.9. The Hall–Kier alpha value is -2.89. The summed E-state index contributed by atoms with van der Waals surface area (Å²) in [6.07, 6.45) is 0. The highest BCUT2D eigenvalue weighted by Crippen LogP contribution is 2.37. The van der Waals surface area contributed by atoms with Gasteiger partial charge in [-0.1, -0.05) is 53.5 Å².